The van der Waals surface area contributed by atoms with Crippen LogP contribution in [0.1, 0.15) is 31.7 Å². The molecule has 3 rings (SSSR count). The molecule has 0 bridgehead atoms. The van der Waals surface area contributed by atoms with Crippen LogP contribution >= 0.6 is 0 Å². The molecule has 1 aromatic carbocycles. The van der Waals surface area contributed by atoms with Gasteiger partial charge in [0.2, 0.25) is 5.91 Å². The highest BCUT2D eigenvalue weighted by Crippen LogP contribution is 2.28. The van der Waals surface area contributed by atoms with Crippen LogP contribution in [-0.4, -0.2) is 43.2 Å². The van der Waals surface area contributed by atoms with Gasteiger partial charge in [-0.2, -0.15) is 0 Å². The van der Waals surface area contributed by atoms with Gasteiger partial charge in [-0.05, 0) is 49.3 Å². The third kappa shape index (κ3) is 4.31. The molecular formula is C18H26N2O2. The average molecular weight is 302 g/mol. The van der Waals surface area contributed by atoms with Crippen LogP contribution in [0.4, 0.5) is 5.69 Å². The van der Waals surface area contributed by atoms with Gasteiger partial charge >= 0.3 is 0 Å². The highest BCUT2D eigenvalue weighted by Gasteiger charge is 2.32. The van der Waals surface area contributed by atoms with Crippen molar-refractivity contribution in [2.45, 2.75) is 38.6 Å². The van der Waals surface area contributed by atoms with Crippen molar-refractivity contribution in [3.63, 3.8) is 0 Å². The zero-order chi connectivity index (χ0) is 15.4. The number of ether oxygens (including phenoxy) is 1. The summed E-state index contributed by atoms with van der Waals surface area (Å²) in [5.74, 6) is 0.687. The topological polar surface area (TPSA) is 41.6 Å². The number of amides is 1. The lowest BCUT2D eigenvalue weighted by Crippen LogP contribution is -2.38. The van der Waals surface area contributed by atoms with Gasteiger partial charge in [-0.3, -0.25) is 9.69 Å². The van der Waals surface area contributed by atoms with E-state index in [1.54, 1.807) is 0 Å². The van der Waals surface area contributed by atoms with Crippen LogP contribution in [0.3, 0.4) is 0 Å². The third-order valence-corrected chi connectivity index (χ3v) is 4.57. The Morgan fingerprint density at radius 3 is 2.64 bits per heavy atom. The lowest BCUT2D eigenvalue weighted by Gasteiger charge is -2.24. The van der Waals surface area contributed by atoms with Crippen molar-refractivity contribution in [1.29, 1.82) is 0 Å². The first-order chi connectivity index (χ1) is 10.7. The smallest absolute Gasteiger partial charge is 0.238 e. The van der Waals surface area contributed by atoms with E-state index in [0.717, 1.165) is 38.3 Å². The summed E-state index contributed by atoms with van der Waals surface area (Å²) in [5, 5.41) is 3.02. The van der Waals surface area contributed by atoms with Crippen LogP contribution in [0.5, 0.6) is 0 Å². The monoisotopic (exact) mass is 302 g/mol. The van der Waals surface area contributed by atoms with Gasteiger partial charge in [0, 0.05) is 24.9 Å². The van der Waals surface area contributed by atoms with E-state index in [4.69, 9.17) is 4.74 Å². The van der Waals surface area contributed by atoms with Crippen LogP contribution in [0, 0.1) is 5.92 Å². The van der Waals surface area contributed by atoms with Crippen molar-refractivity contribution in [1.82, 2.24) is 4.90 Å². The fraction of sp³-hybridized carbons (Fsp3) is 0.611. The summed E-state index contributed by atoms with van der Waals surface area (Å²) in [5.41, 5.74) is 2.18. The van der Waals surface area contributed by atoms with Crippen LogP contribution in [0.25, 0.3) is 0 Å². The molecule has 4 nitrogen and oxygen atoms in total. The standard InChI is InChI=1S/C18H26N2O2/c1-2-14-3-5-16(6-4-14)19-18(21)12-20(17-7-8-17)11-15-9-10-22-13-15/h3-6,15,17H,2,7-13H2,1H3,(H,19,21). The minimum Gasteiger partial charge on any atom is -0.381 e. The zero-order valence-electron chi connectivity index (χ0n) is 13.4. The van der Waals surface area contributed by atoms with Crippen LogP contribution < -0.4 is 5.32 Å². The van der Waals surface area contributed by atoms with Crippen LogP contribution in [-0.2, 0) is 16.0 Å². The first-order valence-electron chi connectivity index (χ1n) is 8.45. The molecule has 2 aliphatic rings. The summed E-state index contributed by atoms with van der Waals surface area (Å²) in [6.07, 6.45) is 4.61. The van der Waals surface area contributed by atoms with E-state index in [0.29, 0.717) is 18.5 Å². The van der Waals surface area contributed by atoms with E-state index in [-0.39, 0.29) is 5.91 Å². The highest BCUT2D eigenvalue weighted by atomic mass is 16.5. The van der Waals surface area contributed by atoms with Gasteiger partial charge in [-0.25, -0.2) is 0 Å². The van der Waals surface area contributed by atoms with Gasteiger partial charge in [0.1, 0.15) is 0 Å². The van der Waals surface area contributed by atoms with Gasteiger partial charge in [-0.15, -0.1) is 0 Å². The Balaban J connectivity index is 1.51. The van der Waals surface area contributed by atoms with Gasteiger partial charge < -0.3 is 10.1 Å². The van der Waals surface area contributed by atoms with E-state index >= 15 is 0 Å². The molecule has 0 aromatic heterocycles. The lowest BCUT2D eigenvalue weighted by atomic mass is 10.1. The summed E-state index contributed by atoms with van der Waals surface area (Å²) in [6, 6.07) is 8.73. The Morgan fingerprint density at radius 1 is 1.27 bits per heavy atom. The van der Waals surface area contributed by atoms with E-state index in [2.05, 4.69) is 29.3 Å². The molecule has 1 aromatic rings. The molecule has 2 fully saturated rings. The van der Waals surface area contributed by atoms with Crippen molar-refractivity contribution < 1.29 is 9.53 Å². The maximum Gasteiger partial charge on any atom is 0.238 e. The number of benzene rings is 1. The predicted octanol–water partition coefficient (Wildman–Crippen LogP) is 2.69. The number of carbonyl (C=O) groups excluding carboxylic acids is 1. The summed E-state index contributed by atoms with van der Waals surface area (Å²) in [7, 11) is 0. The number of nitrogens with one attached hydrogen (secondary N) is 1. The Kier molecular flexibility index (Phi) is 5.11. The molecule has 1 amide bonds. The fourth-order valence-electron chi connectivity index (χ4n) is 3.05. The first kappa shape index (κ1) is 15.5. The molecule has 1 aliphatic carbocycles. The number of nitrogens with zero attached hydrogens (tertiary/aromatic N) is 1. The van der Waals surface area contributed by atoms with Crippen molar-refractivity contribution in [2.75, 3.05) is 31.6 Å². The quantitative estimate of drug-likeness (QED) is 0.842. The second-order valence-corrected chi connectivity index (χ2v) is 6.49. The first-order valence-corrected chi connectivity index (χ1v) is 8.45. The SMILES string of the molecule is CCc1ccc(NC(=O)CN(CC2CCOC2)C2CC2)cc1. The molecule has 120 valence electrons. The predicted molar refractivity (Wildman–Crippen MR) is 88.0 cm³/mol. The third-order valence-electron chi connectivity index (χ3n) is 4.57. The van der Waals surface area contributed by atoms with Gasteiger partial charge in [0.15, 0.2) is 0 Å². The molecule has 1 saturated carbocycles. The molecular weight excluding hydrogens is 276 g/mol. The van der Waals surface area contributed by atoms with Crippen molar-refractivity contribution in [3.8, 4) is 0 Å². The molecule has 1 saturated heterocycles. The summed E-state index contributed by atoms with van der Waals surface area (Å²) < 4.78 is 5.45. The minimum absolute atomic E-state index is 0.0927. The average Bonchev–Trinajstić information content (AvgIpc) is 3.25. The molecule has 0 radical (unpaired) electrons. The number of aryl methyl sites for hydroxylation is 1. The molecule has 1 heterocycles. The van der Waals surface area contributed by atoms with E-state index < -0.39 is 0 Å². The Hall–Kier alpha value is -1.39. The summed E-state index contributed by atoms with van der Waals surface area (Å²) in [6.45, 7) is 5.35. The summed E-state index contributed by atoms with van der Waals surface area (Å²) in [4.78, 5) is 14.6. The molecule has 1 aliphatic heterocycles. The van der Waals surface area contributed by atoms with Crippen LogP contribution in [0.2, 0.25) is 0 Å². The zero-order valence-corrected chi connectivity index (χ0v) is 13.4. The Bertz CT molecular complexity index is 490. The largest absolute Gasteiger partial charge is 0.381 e. The van der Waals surface area contributed by atoms with E-state index in [1.165, 1.54) is 18.4 Å². The maximum absolute atomic E-state index is 12.3. The normalized spacial score (nSPS) is 21.3. The minimum atomic E-state index is 0.0927. The van der Waals surface area contributed by atoms with Crippen molar-refractivity contribution in [3.05, 3.63) is 29.8 Å². The lowest BCUT2D eigenvalue weighted by molar-refractivity contribution is -0.117. The van der Waals surface area contributed by atoms with Crippen molar-refractivity contribution >= 4 is 11.6 Å². The second-order valence-electron chi connectivity index (χ2n) is 6.49. The van der Waals surface area contributed by atoms with Gasteiger partial charge in [0.25, 0.3) is 0 Å². The fourth-order valence-corrected chi connectivity index (χ4v) is 3.05. The molecule has 22 heavy (non-hydrogen) atoms. The van der Waals surface area contributed by atoms with Crippen LogP contribution in [0.15, 0.2) is 24.3 Å². The molecule has 0 spiro atoms. The number of carbonyl (C=O) groups is 1. The molecule has 4 heteroatoms. The van der Waals surface area contributed by atoms with E-state index in [1.807, 2.05) is 12.1 Å². The molecule has 1 unspecified atom stereocenters. The maximum atomic E-state index is 12.3. The van der Waals surface area contributed by atoms with E-state index in [9.17, 15) is 4.79 Å². The van der Waals surface area contributed by atoms with Gasteiger partial charge in [-0.1, -0.05) is 19.1 Å². The number of rotatable bonds is 7. The van der Waals surface area contributed by atoms with Crippen molar-refractivity contribution in [2.24, 2.45) is 5.92 Å². The molecule has 1 atom stereocenters. The number of hydrogen-bond acceptors (Lipinski definition) is 3. The number of hydrogen-bond donors (Lipinski definition) is 1. The highest BCUT2D eigenvalue weighted by molar-refractivity contribution is 5.92. The van der Waals surface area contributed by atoms with Gasteiger partial charge in [0.05, 0.1) is 13.2 Å². The Labute approximate surface area is 132 Å². The summed E-state index contributed by atoms with van der Waals surface area (Å²) >= 11 is 0. The number of anilines is 1. The Morgan fingerprint density at radius 2 is 2.05 bits per heavy atom. The molecule has 1 N–H and O–H groups in total. The second kappa shape index (κ2) is 7.25.